The molecule has 3 heteroatoms. The van der Waals surface area contributed by atoms with Gasteiger partial charge in [0.2, 0.25) is 0 Å². The monoisotopic (exact) mass is 248 g/mol. The van der Waals surface area contributed by atoms with E-state index in [1.807, 2.05) is 38.1 Å². The molecule has 0 bridgehead atoms. The zero-order chi connectivity index (χ0) is 13.3. The van der Waals surface area contributed by atoms with Crippen LogP contribution in [0, 0.1) is 11.3 Å². The van der Waals surface area contributed by atoms with Crippen molar-refractivity contribution in [2.75, 3.05) is 6.61 Å². The molecule has 1 aliphatic rings. The van der Waals surface area contributed by atoms with Crippen LogP contribution in [0.3, 0.4) is 0 Å². The van der Waals surface area contributed by atoms with Gasteiger partial charge in [0.05, 0.1) is 12.5 Å². The quantitative estimate of drug-likeness (QED) is 0.869. The molecule has 2 rings (SSSR count). The molecule has 18 heavy (non-hydrogen) atoms. The third kappa shape index (κ3) is 2.22. The van der Waals surface area contributed by atoms with E-state index in [0.29, 0.717) is 6.61 Å². The van der Waals surface area contributed by atoms with Crippen molar-refractivity contribution in [3.8, 4) is 5.75 Å². The lowest BCUT2D eigenvalue weighted by Crippen LogP contribution is -2.03. The van der Waals surface area contributed by atoms with Gasteiger partial charge in [0.1, 0.15) is 5.75 Å². The second-order valence-electron chi connectivity index (χ2n) is 5.54. The maximum Gasteiger partial charge on any atom is 0.307 e. The first-order valence-corrected chi connectivity index (χ1v) is 6.44. The molecule has 1 aliphatic carbocycles. The molecule has 0 aromatic heterocycles. The van der Waals surface area contributed by atoms with Crippen LogP contribution in [-0.4, -0.2) is 17.7 Å². The van der Waals surface area contributed by atoms with E-state index in [9.17, 15) is 9.90 Å². The highest BCUT2D eigenvalue weighted by atomic mass is 16.5. The molecule has 1 saturated carbocycles. The highest BCUT2D eigenvalue weighted by Gasteiger charge is 2.62. The second-order valence-corrected chi connectivity index (χ2v) is 5.54. The predicted octanol–water partition coefficient (Wildman–Crippen LogP) is 3.30. The second kappa shape index (κ2) is 4.63. The molecule has 1 aromatic carbocycles. The van der Waals surface area contributed by atoms with Crippen LogP contribution in [0.2, 0.25) is 0 Å². The van der Waals surface area contributed by atoms with Crippen LogP contribution >= 0.6 is 0 Å². The minimum absolute atomic E-state index is 0.0974. The number of benzene rings is 1. The van der Waals surface area contributed by atoms with Crippen molar-refractivity contribution < 1.29 is 14.6 Å². The molecule has 0 saturated heterocycles. The summed E-state index contributed by atoms with van der Waals surface area (Å²) < 4.78 is 5.59. The average Bonchev–Trinajstić information content (AvgIpc) is 2.90. The van der Waals surface area contributed by atoms with Crippen LogP contribution in [0.4, 0.5) is 0 Å². The first-order chi connectivity index (χ1) is 8.48. The topological polar surface area (TPSA) is 46.5 Å². The Balaban J connectivity index is 2.17. The highest BCUT2D eigenvalue weighted by molar-refractivity contribution is 5.77. The van der Waals surface area contributed by atoms with Crippen LogP contribution in [0.5, 0.6) is 5.75 Å². The van der Waals surface area contributed by atoms with Gasteiger partial charge in [0, 0.05) is 5.92 Å². The number of rotatable bonds is 5. The molecule has 0 amide bonds. The normalized spacial score (nSPS) is 24.6. The summed E-state index contributed by atoms with van der Waals surface area (Å²) >= 11 is 0. The number of carbonyl (C=O) groups is 1. The van der Waals surface area contributed by atoms with E-state index < -0.39 is 5.97 Å². The first-order valence-electron chi connectivity index (χ1n) is 6.44. The summed E-state index contributed by atoms with van der Waals surface area (Å²) in [5.41, 5.74) is 0.913. The molecule has 2 unspecified atom stereocenters. The highest BCUT2D eigenvalue weighted by Crippen LogP contribution is 2.64. The summed E-state index contributed by atoms with van der Waals surface area (Å²) in [6.07, 6.45) is 0.969. The van der Waals surface area contributed by atoms with Gasteiger partial charge in [-0.2, -0.15) is 0 Å². The third-order valence-corrected chi connectivity index (χ3v) is 3.78. The molecule has 0 radical (unpaired) electrons. The minimum atomic E-state index is -0.704. The molecule has 1 aromatic rings. The molecular formula is C15H20O3. The van der Waals surface area contributed by atoms with Crippen LogP contribution < -0.4 is 4.74 Å². The number of aliphatic carboxylic acids is 1. The van der Waals surface area contributed by atoms with E-state index >= 15 is 0 Å². The summed E-state index contributed by atoms with van der Waals surface area (Å²) in [6, 6.07) is 7.83. The van der Waals surface area contributed by atoms with Gasteiger partial charge in [-0.1, -0.05) is 32.9 Å². The first kappa shape index (κ1) is 12.9. The molecule has 3 nitrogen and oxygen atoms in total. The molecule has 0 heterocycles. The number of ether oxygens (including phenoxy) is 1. The van der Waals surface area contributed by atoms with Crippen molar-refractivity contribution in [2.24, 2.45) is 11.3 Å². The third-order valence-electron chi connectivity index (χ3n) is 3.78. The van der Waals surface area contributed by atoms with E-state index in [2.05, 4.69) is 6.92 Å². The summed E-state index contributed by atoms with van der Waals surface area (Å²) in [5, 5.41) is 9.20. The van der Waals surface area contributed by atoms with Crippen molar-refractivity contribution in [3.63, 3.8) is 0 Å². The largest absolute Gasteiger partial charge is 0.494 e. The van der Waals surface area contributed by atoms with Crippen LogP contribution in [0.25, 0.3) is 0 Å². The van der Waals surface area contributed by atoms with Gasteiger partial charge < -0.3 is 9.84 Å². The van der Waals surface area contributed by atoms with Crippen LogP contribution in [-0.2, 0) is 4.79 Å². The molecule has 1 N–H and O–H groups in total. The number of hydrogen-bond donors (Lipinski definition) is 1. The molecule has 2 atom stereocenters. The zero-order valence-corrected chi connectivity index (χ0v) is 11.1. The Morgan fingerprint density at radius 3 is 2.72 bits per heavy atom. The van der Waals surface area contributed by atoms with Crippen molar-refractivity contribution in [1.82, 2.24) is 0 Å². The van der Waals surface area contributed by atoms with Gasteiger partial charge in [0.15, 0.2) is 0 Å². The Hall–Kier alpha value is -1.51. The smallest absolute Gasteiger partial charge is 0.307 e. The summed E-state index contributed by atoms with van der Waals surface area (Å²) in [6.45, 7) is 6.78. The van der Waals surface area contributed by atoms with Crippen molar-refractivity contribution in [2.45, 2.75) is 33.1 Å². The molecule has 0 spiro atoms. The SMILES string of the molecule is CCCOc1cccc(C2C(C(=O)O)C2(C)C)c1. The van der Waals surface area contributed by atoms with Crippen molar-refractivity contribution in [3.05, 3.63) is 29.8 Å². The summed E-state index contributed by atoms with van der Waals surface area (Å²) in [4.78, 5) is 11.2. The van der Waals surface area contributed by atoms with Crippen LogP contribution in [0.15, 0.2) is 24.3 Å². The maximum atomic E-state index is 11.2. The van der Waals surface area contributed by atoms with E-state index in [-0.39, 0.29) is 17.3 Å². The Bertz CT molecular complexity index is 451. The number of hydrogen-bond acceptors (Lipinski definition) is 2. The fourth-order valence-electron chi connectivity index (χ4n) is 2.74. The molecule has 1 fully saturated rings. The fourth-order valence-corrected chi connectivity index (χ4v) is 2.74. The van der Waals surface area contributed by atoms with E-state index in [1.54, 1.807) is 0 Å². The lowest BCUT2D eigenvalue weighted by atomic mass is 10.0. The summed E-state index contributed by atoms with van der Waals surface area (Å²) in [5.74, 6) is -0.0508. The Kier molecular flexibility index (Phi) is 3.33. The Morgan fingerprint density at radius 2 is 2.17 bits per heavy atom. The van der Waals surface area contributed by atoms with Gasteiger partial charge in [-0.15, -0.1) is 0 Å². The van der Waals surface area contributed by atoms with E-state index in [0.717, 1.165) is 17.7 Å². The minimum Gasteiger partial charge on any atom is -0.494 e. The van der Waals surface area contributed by atoms with Crippen molar-refractivity contribution in [1.29, 1.82) is 0 Å². The van der Waals surface area contributed by atoms with Gasteiger partial charge in [0.25, 0.3) is 0 Å². The van der Waals surface area contributed by atoms with Crippen LogP contribution in [0.1, 0.15) is 38.7 Å². The fraction of sp³-hybridized carbons (Fsp3) is 0.533. The number of carboxylic acid groups (broad SMARTS) is 1. The van der Waals surface area contributed by atoms with Gasteiger partial charge in [-0.3, -0.25) is 4.79 Å². The average molecular weight is 248 g/mol. The lowest BCUT2D eigenvalue weighted by molar-refractivity contribution is -0.139. The zero-order valence-electron chi connectivity index (χ0n) is 11.1. The predicted molar refractivity (Wildman–Crippen MR) is 69.9 cm³/mol. The number of carboxylic acids is 1. The molecule has 98 valence electrons. The van der Waals surface area contributed by atoms with E-state index in [1.165, 1.54) is 0 Å². The lowest BCUT2D eigenvalue weighted by Gasteiger charge is -2.07. The standard InChI is InChI=1S/C15H20O3/c1-4-8-18-11-7-5-6-10(9-11)12-13(14(16)17)15(12,2)3/h5-7,9,12-13H,4,8H2,1-3H3,(H,16,17). The van der Waals surface area contributed by atoms with Gasteiger partial charge in [-0.25, -0.2) is 0 Å². The summed E-state index contributed by atoms with van der Waals surface area (Å²) in [7, 11) is 0. The molecule has 0 aliphatic heterocycles. The van der Waals surface area contributed by atoms with Crippen molar-refractivity contribution >= 4 is 5.97 Å². The molecular weight excluding hydrogens is 228 g/mol. The van der Waals surface area contributed by atoms with Gasteiger partial charge >= 0.3 is 5.97 Å². The van der Waals surface area contributed by atoms with Gasteiger partial charge in [-0.05, 0) is 29.5 Å². The maximum absolute atomic E-state index is 11.2. The van der Waals surface area contributed by atoms with E-state index in [4.69, 9.17) is 4.74 Å². The Labute approximate surface area is 108 Å². The Morgan fingerprint density at radius 1 is 1.44 bits per heavy atom.